The van der Waals surface area contributed by atoms with Crippen LogP contribution >= 0.6 is 31.9 Å². The summed E-state index contributed by atoms with van der Waals surface area (Å²) in [4.78, 5) is 24.3. The van der Waals surface area contributed by atoms with Gasteiger partial charge < -0.3 is 4.74 Å². The molecule has 1 fully saturated rings. The Morgan fingerprint density at radius 3 is 2.78 bits per heavy atom. The molecule has 0 saturated heterocycles. The van der Waals surface area contributed by atoms with Crippen LogP contribution in [0.25, 0.3) is 0 Å². The van der Waals surface area contributed by atoms with E-state index in [2.05, 4.69) is 57.7 Å². The molecule has 7 heteroatoms. The lowest BCUT2D eigenvalue weighted by Gasteiger charge is -2.36. The number of carbonyl (C=O) groups is 1. The fourth-order valence-electron chi connectivity index (χ4n) is 3.14. The van der Waals surface area contributed by atoms with E-state index in [0.717, 1.165) is 17.5 Å². The number of carbonyl (C=O) groups excluding carboxylic acids is 1. The summed E-state index contributed by atoms with van der Waals surface area (Å²) < 4.78 is 7.73. The number of aromatic nitrogens is 2. The minimum atomic E-state index is -0.404. The monoisotopic (exact) mass is 448 g/mol. The molecule has 1 aliphatic carbocycles. The molecular formula is C16H22Br2N2O3. The first kappa shape index (κ1) is 18.6. The molecule has 0 spiro atoms. The van der Waals surface area contributed by atoms with Crippen molar-refractivity contribution in [2.24, 2.45) is 17.8 Å². The first-order valence-electron chi connectivity index (χ1n) is 7.90. The third-order valence-electron chi connectivity index (χ3n) is 4.47. The van der Waals surface area contributed by atoms with Gasteiger partial charge in [0, 0.05) is 0 Å². The van der Waals surface area contributed by atoms with Gasteiger partial charge in [0.1, 0.15) is 17.1 Å². The summed E-state index contributed by atoms with van der Waals surface area (Å²) in [6, 6.07) is 0. The third-order valence-corrected chi connectivity index (χ3v) is 6.37. The van der Waals surface area contributed by atoms with Crippen molar-refractivity contribution in [3.8, 4) is 0 Å². The molecule has 128 valence electrons. The molecule has 1 aromatic rings. The van der Waals surface area contributed by atoms with E-state index in [9.17, 15) is 9.59 Å². The second-order valence-corrected chi connectivity index (χ2v) is 8.27. The predicted octanol–water partition coefficient (Wildman–Crippen LogP) is 3.77. The minimum Gasteiger partial charge on any atom is -0.461 e. The molecule has 23 heavy (non-hydrogen) atoms. The Hall–Kier alpha value is -0.690. The molecule has 0 amide bonds. The van der Waals surface area contributed by atoms with Gasteiger partial charge in [0.2, 0.25) is 0 Å². The Morgan fingerprint density at radius 2 is 2.13 bits per heavy atom. The van der Waals surface area contributed by atoms with Gasteiger partial charge in [-0.05, 0) is 62.5 Å². The molecule has 1 aliphatic rings. The van der Waals surface area contributed by atoms with Gasteiger partial charge in [0.05, 0.1) is 10.7 Å². The first-order chi connectivity index (χ1) is 10.8. The van der Waals surface area contributed by atoms with Crippen molar-refractivity contribution >= 4 is 37.8 Å². The molecule has 1 saturated carbocycles. The molecule has 1 aromatic heterocycles. The highest BCUT2D eigenvalue weighted by Crippen LogP contribution is 2.35. The van der Waals surface area contributed by atoms with E-state index in [0.29, 0.717) is 26.7 Å². The molecule has 0 aliphatic heterocycles. The summed E-state index contributed by atoms with van der Waals surface area (Å²) in [5.41, 5.74) is -0.353. The Labute approximate surface area is 153 Å². The lowest BCUT2D eigenvalue weighted by atomic mass is 9.75. The Balaban J connectivity index is 2.06. The highest BCUT2D eigenvalue weighted by atomic mass is 79.9. The van der Waals surface area contributed by atoms with Crippen molar-refractivity contribution in [3.63, 3.8) is 0 Å². The van der Waals surface area contributed by atoms with Gasteiger partial charge in [-0.1, -0.05) is 27.2 Å². The molecule has 0 bridgehead atoms. The summed E-state index contributed by atoms with van der Waals surface area (Å²) in [6.45, 7) is 6.36. The second kappa shape index (κ2) is 7.92. The number of esters is 1. The topological polar surface area (TPSA) is 61.2 Å². The van der Waals surface area contributed by atoms with Crippen LogP contribution in [0.1, 0.15) is 40.0 Å². The minimum absolute atomic E-state index is 0.0687. The SMILES string of the molecule is CC1CCC(C(C)C)C(OC(=O)Cn2ncc(Br)c(Br)c2=O)C1. The molecule has 0 radical (unpaired) electrons. The lowest BCUT2D eigenvalue weighted by Crippen LogP contribution is -2.37. The second-order valence-electron chi connectivity index (χ2n) is 6.62. The zero-order valence-electron chi connectivity index (χ0n) is 13.6. The number of nitrogens with zero attached hydrogens (tertiary/aromatic N) is 2. The highest BCUT2D eigenvalue weighted by Gasteiger charge is 2.33. The van der Waals surface area contributed by atoms with Crippen LogP contribution in [0, 0.1) is 17.8 Å². The van der Waals surface area contributed by atoms with Crippen LogP contribution in [0.5, 0.6) is 0 Å². The summed E-state index contributed by atoms with van der Waals surface area (Å²) in [5, 5.41) is 3.97. The lowest BCUT2D eigenvalue weighted by molar-refractivity contribution is -0.157. The van der Waals surface area contributed by atoms with Crippen LogP contribution in [-0.2, 0) is 16.1 Å². The van der Waals surface area contributed by atoms with E-state index >= 15 is 0 Å². The van der Waals surface area contributed by atoms with Gasteiger partial charge in [-0.2, -0.15) is 5.10 Å². The fraction of sp³-hybridized carbons (Fsp3) is 0.688. The van der Waals surface area contributed by atoms with Crippen LogP contribution in [0.15, 0.2) is 19.9 Å². The summed E-state index contributed by atoms with van der Waals surface area (Å²) >= 11 is 6.40. The standard InChI is InChI=1S/C16H22Br2N2O3/c1-9(2)11-5-4-10(3)6-13(11)23-14(21)8-20-16(22)15(18)12(17)7-19-20/h7,9-11,13H,4-6,8H2,1-3H3. The van der Waals surface area contributed by atoms with Crippen molar-refractivity contribution in [1.29, 1.82) is 0 Å². The molecule has 0 aromatic carbocycles. The summed E-state index contributed by atoms with van der Waals surface area (Å²) in [7, 11) is 0. The Kier molecular flexibility index (Phi) is 6.42. The largest absolute Gasteiger partial charge is 0.461 e. The maximum absolute atomic E-state index is 12.3. The smallest absolute Gasteiger partial charge is 0.328 e. The first-order valence-corrected chi connectivity index (χ1v) is 9.48. The normalized spacial score (nSPS) is 24.7. The van der Waals surface area contributed by atoms with Gasteiger partial charge in [-0.3, -0.25) is 9.59 Å². The van der Waals surface area contributed by atoms with E-state index in [-0.39, 0.29) is 18.2 Å². The van der Waals surface area contributed by atoms with Crippen molar-refractivity contribution in [2.75, 3.05) is 0 Å². The average molecular weight is 450 g/mol. The van der Waals surface area contributed by atoms with Crippen LogP contribution in [0.3, 0.4) is 0 Å². The van der Waals surface area contributed by atoms with Crippen molar-refractivity contribution < 1.29 is 9.53 Å². The maximum atomic E-state index is 12.3. The fourth-order valence-corrected chi connectivity index (χ4v) is 3.70. The zero-order chi connectivity index (χ0) is 17.1. The van der Waals surface area contributed by atoms with Crippen molar-refractivity contribution in [3.05, 3.63) is 25.5 Å². The molecule has 3 atom stereocenters. The molecular weight excluding hydrogens is 428 g/mol. The van der Waals surface area contributed by atoms with E-state index in [1.165, 1.54) is 12.6 Å². The van der Waals surface area contributed by atoms with E-state index in [1.54, 1.807) is 0 Å². The Morgan fingerprint density at radius 1 is 1.43 bits per heavy atom. The highest BCUT2D eigenvalue weighted by molar-refractivity contribution is 9.13. The number of hydrogen-bond acceptors (Lipinski definition) is 4. The van der Waals surface area contributed by atoms with Crippen molar-refractivity contribution in [1.82, 2.24) is 9.78 Å². The maximum Gasteiger partial charge on any atom is 0.328 e. The van der Waals surface area contributed by atoms with E-state index in [4.69, 9.17) is 4.74 Å². The molecule has 2 rings (SSSR count). The van der Waals surface area contributed by atoms with Crippen LogP contribution < -0.4 is 5.56 Å². The van der Waals surface area contributed by atoms with Gasteiger partial charge in [0.15, 0.2) is 0 Å². The molecule has 5 nitrogen and oxygen atoms in total. The van der Waals surface area contributed by atoms with E-state index in [1.807, 2.05) is 0 Å². The van der Waals surface area contributed by atoms with Gasteiger partial charge in [-0.15, -0.1) is 0 Å². The van der Waals surface area contributed by atoms with Gasteiger partial charge in [0.25, 0.3) is 5.56 Å². The predicted molar refractivity (Wildman–Crippen MR) is 95.1 cm³/mol. The summed E-state index contributed by atoms with van der Waals surface area (Å²) in [5.74, 6) is 1.02. The van der Waals surface area contributed by atoms with Gasteiger partial charge in [-0.25, -0.2) is 4.68 Å². The molecule has 1 heterocycles. The zero-order valence-corrected chi connectivity index (χ0v) is 16.8. The van der Waals surface area contributed by atoms with Gasteiger partial charge >= 0.3 is 5.97 Å². The van der Waals surface area contributed by atoms with Crippen LogP contribution in [0.4, 0.5) is 0 Å². The van der Waals surface area contributed by atoms with Crippen LogP contribution in [-0.4, -0.2) is 21.9 Å². The quantitative estimate of drug-likeness (QED) is 0.656. The number of hydrogen-bond donors (Lipinski definition) is 0. The van der Waals surface area contributed by atoms with E-state index < -0.39 is 5.97 Å². The number of rotatable bonds is 4. The average Bonchev–Trinajstić information content (AvgIpc) is 2.47. The van der Waals surface area contributed by atoms with Crippen LogP contribution in [0.2, 0.25) is 0 Å². The molecule has 3 unspecified atom stereocenters. The third kappa shape index (κ3) is 4.66. The number of halogens is 2. The summed E-state index contributed by atoms with van der Waals surface area (Å²) in [6.07, 6.45) is 4.57. The van der Waals surface area contributed by atoms with Crippen molar-refractivity contribution in [2.45, 2.75) is 52.7 Å². The number of ether oxygens (including phenoxy) is 1. The Bertz CT molecular complexity index is 630. The molecule has 0 N–H and O–H groups in total.